The molecular formula is C19H22N4. The van der Waals surface area contributed by atoms with Gasteiger partial charge in [0.05, 0.1) is 5.69 Å². The number of aryl methyl sites for hydroxylation is 2. The van der Waals surface area contributed by atoms with E-state index in [-0.39, 0.29) is 0 Å². The van der Waals surface area contributed by atoms with Gasteiger partial charge < -0.3 is 4.90 Å². The van der Waals surface area contributed by atoms with Crippen LogP contribution in [-0.2, 0) is 6.42 Å². The van der Waals surface area contributed by atoms with Gasteiger partial charge in [0.1, 0.15) is 5.82 Å². The highest BCUT2D eigenvalue weighted by Gasteiger charge is 2.21. The van der Waals surface area contributed by atoms with Crippen molar-refractivity contribution in [1.82, 2.24) is 14.6 Å². The van der Waals surface area contributed by atoms with Crippen molar-refractivity contribution in [3.05, 3.63) is 47.8 Å². The largest absolute Gasteiger partial charge is 0.356 e. The van der Waals surface area contributed by atoms with Gasteiger partial charge in [0.2, 0.25) is 0 Å². The van der Waals surface area contributed by atoms with Crippen molar-refractivity contribution in [2.24, 2.45) is 0 Å². The van der Waals surface area contributed by atoms with Crippen LogP contribution in [-0.4, -0.2) is 27.7 Å². The van der Waals surface area contributed by atoms with Gasteiger partial charge in [-0.05, 0) is 31.7 Å². The van der Waals surface area contributed by atoms with E-state index < -0.39 is 0 Å². The smallest absolute Gasteiger partial charge is 0.165 e. The van der Waals surface area contributed by atoms with E-state index in [4.69, 9.17) is 10.1 Å². The maximum atomic E-state index is 4.91. The maximum absolute atomic E-state index is 4.91. The van der Waals surface area contributed by atoms with Crippen LogP contribution in [0.15, 0.2) is 36.4 Å². The van der Waals surface area contributed by atoms with Gasteiger partial charge in [-0.3, -0.25) is 0 Å². The zero-order chi connectivity index (χ0) is 15.8. The molecule has 4 rings (SSSR count). The van der Waals surface area contributed by atoms with Gasteiger partial charge in [-0.25, -0.2) is 4.98 Å². The van der Waals surface area contributed by atoms with Gasteiger partial charge in [0.15, 0.2) is 5.65 Å². The summed E-state index contributed by atoms with van der Waals surface area (Å²) in [5, 5.41) is 4.91. The first-order valence-electron chi connectivity index (χ1n) is 8.47. The van der Waals surface area contributed by atoms with E-state index in [1.807, 2.05) is 0 Å². The molecule has 3 aromatic rings. The van der Waals surface area contributed by atoms with E-state index >= 15 is 0 Å². The van der Waals surface area contributed by atoms with Crippen LogP contribution in [0.5, 0.6) is 0 Å². The second kappa shape index (κ2) is 5.69. The number of anilines is 1. The number of benzene rings is 1. The normalized spacial score (nSPS) is 14.8. The van der Waals surface area contributed by atoms with Crippen LogP contribution in [0.25, 0.3) is 16.8 Å². The molecule has 3 heterocycles. The van der Waals surface area contributed by atoms with Crippen molar-refractivity contribution < 1.29 is 0 Å². The third kappa shape index (κ3) is 2.38. The highest BCUT2D eigenvalue weighted by Crippen LogP contribution is 2.31. The Hall–Kier alpha value is -2.36. The first-order chi connectivity index (χ1) is 11.3. The average Bonchev–Trinajstić information content (AvgIpc) is 3.22. The number of hydrogen-bond acceptors (Lipinski definition) is 3. The topological polar surface area (TPSA) is 33.4 Å². The molecule has 0 radical (unpaired) electrons. The summed E-state index contributed by atoms with van der Waals surface area (Å²) in [5.74, 6) is 1.18. The molecule has 0 unspecified atom stereocenters. The van der Waals surface area contributed by atoms with Crippen molar-refractivity contribution >= 4 is 11.5 Å². The summed E-state index contributed by atoms with van der Waals surface area (Å²) in [4.78, 5) is 7.26. The van der Waals surface area contributed by atoms with E-state index in [0.29, 0.717) is 0 Å². The summed E-state index contributed by atoms with van der Waals surface area (Å²) < 4.78 is 2.06. The molecule has 118 valence electrons. The molecule has 0 atom stereocenters. The van der Waals surface area contributed by atoms with E-state index in [0.717, 1.165) is 36.5 Å². The van der Waals surface area contributed by atoms with E-state index in [9.17, 15) is 0 Å². The van der Waals surface area contributed by atoms with E-state index in [1.165, 1.54) is 29.8 Å². The molecule has 1 fully saturated rings. The lowest BCUT2D eigenvalue weighted by molar-refractivity contribution is 0.826. The fraction of sp³-hybridized carbons (Fsp3) is 0.368. The van der Waals surface area contributed by atoms with Gasteiger partial charge in [-0.15, -0.1) is 0 Å². The molecule has 0 saturated carbocycles. The third-order valence-corrected chi connectivity index (χ3v) is 4.60. The molecule has 4 heteroatoms. The minimum absolute atomic E-state index is 0.909. The predicted octanol–water partition coefficient (Wildman–Crippen LogP) is 3.87. The minimum atomic E-state index is 0.909. The lowest BCUT2D eigenvalue weighted by atomic mass is 10.0. The molecule has 1 aliphatic rings. The van der Waals surface area contributed by atoms with Gasteiger partial charge in [0.25, 0.3) is 0 Å². The van der Waals surface area contributed by atoms with Crippen LogP contribution in [0.3, 0.4) is 0 Å². The number of rotatable bonds is 3. The second-order valence-corrected chi connectivity index (χ2v) is 6.23. The molecule has 0 amide bonds. The van der Waals surface area contributed by atoms with Gasteiger partial charge in [0, 0.05) is 30.4 Å². The molecule has 0 bridgehead atoms. The Morgan fingerprint density at radius 1 is 1.09 bits per heavy atom. The van der Waals surface area contributed by atoms with Crippen LogP contribution < -0.4 is 4.90 Å². The van der Waals surface area contributed by atoms with Gasteiger partial charge in [-0.1, -0.05) is 37.3 Å². The SMILES string of the molecule is CCc1nn2c(N3CCCC3)cc(C)nc2c1-c1ccccc1. The van der Waals surface area contributed by atoms with Gasteiger partial charge in [-0.2, -0.15) is 9.61 Å². The van der Waals surface area contributed by atoms with Crippen molar-refractivity contribution in [2.75, 3.05) is 18.0 Å². The molecule has 2 aromatic heterocycles. The Morgan fingerprint density at radius 3 is 2.52 bits per heavy atom. The summed E-state index contributed by atoms with van der Waals surface area (Å²) in [6, 6.07) is 12.7. The summed E-state index contributed by atoms with van der Waals surface area (Å²) in [5.41, 5.74) is 5.53. The maximum Gasteiger partial charge on any atom is 0.165 e. The Kier molecular flexibility index (Phi) is 3.52. The Labute approximate surface area is 136 Å². The second-order valence-electron chi connectivity index (χ2n) is 6.23. The highest BCUT2D eigenvalue weighted by molar-refractivity contribution is 5.81. The Bertz CT molecular complexity index is 829. The molecule has 0 aliphatic carbocycles. The zero-order valence-corrected chi connectivity index (χ0v) is 13.8. The molecule has 1 aromatic carbocycles. The molecular weight excluding hydrogens is 284 g/mol. The quantitative estimate of drug-likeness (QED) is 0.736. The summed E-state index contributed by atoms with van der Waals surface area (Å²) >= 11 is 0. The highest BCUT2D eigenvalue weighted by atomic mass is 15.4. The molecule has 4 nitrogen and oxygen atoms in total. The molecule has 1 aliphatic heterocycles. The molecule has 0 N–H and O–H groups in total. The van der Waals surface area contributed by atoms with E-state index in [1.54, 1.807) is 0 Å². The van der Waals surface area contributed by atoms with Gasteiger partial charge >= 0.3 is 0 Å². The zero-order valence-electron chi connectivity index (χ0n) is 13.8. The van der Waals surface area contributed by atoms with Crippen LogP contribution in [0.1, 0.15) is 31.2 Å². The summed E-state index contributed by atoms with van der Waals surface area (Å²) in [6.45, 7) is 6.46. The first kappa shape index (κ1) is 14.2. The molecule has 1 saturated heterocycles. The average molecular weight is 306 g/mol. The molecule has 23 heavy (non-hydrogen) atoms. The van der Waals surface area contributed by atoms with Crippen molar-refractivity contribution in [3.8, 4) is 11.1 Å². The summed E-state index contributed by atoms with van der Waals surface area (Å²) in [6.07, 6.45) is 3.43. The minimum Gasteiger partial charge on any atom is -0.356 e. The van der Waals surface area contributed by atoms with Crippen molar-refractivity contribution in [1.29, 1.82) is 0 Å². The fourth-order valence-electron chi connectivity index (χ4n) is 3.48. The lowest BCUT2D eigenvalue weighted by Crippen LogP contribution is -2.21. The number of nitrogens with zero attached hydrogens (tertiary/aromatic N) is 4. The number of hydrogen-bond donors (Lipinski definition) is 0. The van der Waals surface area contributed by atoms with Crippen LogP contribution in [0, 0.1) is 6.92 Å². The first-order valence-corrected chi connectivity index (χ1v) is 8.47. The Morgan fingerprint density at radius 2 is 1.83 bits per heavy atom. The Balaban J connectivity index is 1.99. The van der Waals surface area contributed by atoms with Crippen LogP contribution in [0.2, 0.25) is 0 Å². The lowest BCUT2D eigenvalue weighted by Gasteiger charge is -2.18. The number of aromatic nitrogens is 3. The van der Waals surface area contributed by atoms with E-state index in [2.05, 4.69) is 59.7 Å². The van der Waals surface area contributed by atoms with Crippen molar-refractivity contribution in [3.63, 3.8) is 0 Å². The standard InChI is InChI=1S/C19H22N4/c1-3-16-18(15-9-5-4-6-10-15)19-20-14(2)13-17(23(19)21-16)22-11-7-8-12-22/h4-6,9-10,13H,3,7-8,11-12H2,1-2H3. The fourth-order valence-corrected chi connectivity index (χ4v) is 3.48. The van der Waals surface area contributed by atoms with Crippen LogP contribution in [0.4, 0.5) is 5.82 Å². The number of fused-ring (bicyclic) bond motifs is 1. The predicted molar refractivity (Wildman–Crippen MR) is 94.0 cm³/mol. The molecule has 0 spiro atoms. The summed E-state index contributed by atoms with van der Waals surface area (Å²) in [7, 11) is 0. The van der Waals surface area contributed by atoms with Crippen LogP contribution >= 0.6 is 0 Å². The monoisotopic (exact) mass is 306 g/mol. The third-order valence-electron chi connectivity index (χ3n) is 4.60. The van der Waals surface area contributed by atoms with Crippen molar-refractivity contribution in [2.45, 2.75) is 33.1 Å².